The molecule has 0 spiro atoms. The van der Waals surface area contributed by atoms with E-state index in [9.17, 15) is 19.2 Å². The number of carbonyl (C=O) groups is 4. The summed E-state index contributed by atoms with van der Waals surface area (Å²) in [6, 6.07) is 5.66. The van der Waals surface area contributed by atoms with Gasteiger partial charge >= 0.3 is 24.2 Å². The van der Waals surface area contributed by atoms with Crippen LogP contribution in [0, 0.1) is 0 Å². The monoisotopic (exact) mass is 492 g/mol. The molecule has 1 aromatic rings. The molecule has 0 N–H and O–H groups in total. The van der Waals surface area contributed by atoms with Gasteiger partial charge in [-0.1, -0.05) is 12.1 Å². The van der Waals surface area contributed by atoms with Crippen molar-refractivity contribution in [3.63, 3.8) is 0 Å². The van der Waals surface area contributed by atoms with Gasteiger partial charge in [-0.05, 0) is 81.4 Å². The third kappa shape index (κ3) is 10.6. The average Bonchev–Trinajstić information content (AvgIpc) is 2.63. The summed E-state index contributed by atoms with van der Waals surface area (Å²) in [4.78, 5) is 55.3. The molecule has 0 saturated carbocycles. The summed E-state index contributed by atoms with van der Waals surface area (Å²) < 4.78 is 21.0. The van der Waals surface area contributed by atoms with Gasteiger partial charge in [0, 0.05) is 5.56 Å². The number of ether oxygens (including phenoxy) is 4. The number of imide groups is 1. The maximum atomic E-state index is 13.1. The van der Waals surface area contributed by atoms with Gasteiger partial charge in [0.05, 0.1) is 12.2 Å². The van der Waals surface area contributed by atoms with Crippen LogP contribution in [0.15, 0.2) is 29.3 Å². The first kappa shape index (κ1) is 29.6. The van der Waals surface area contributed by atoms with Gasteiger partial charge in [-0.3, -0.25) is 0 Å². The normalized spacial score (nSPS) is 12.5. The van der Waals surface area contributed by atoms with Gasteiger partial charge in [0.2, 0.25) is 0 Å². The number of nitrogens with zero attached hydrogens (tertiary/aromatic N) is 2. The fraction of sp³-hybridized carbons (Fsp3) is 0.560. The van der Waals surface area contributed by atoms with E-state index in [0.29, 0.717) is 4.90 Å². The fourth-order valence-electron chi connectivity index (χ4n) is 2.45. The van der Waals surface area contributed by atoms with Crippen LogP contribution in [0.25, 0.3) is 0 Å². The molecule has 1 rings (SSSR count). The Hall–Kier alpha value is -3.43. The van der Waals surface area contributed by atoms with Gasteiger partial charge in [-0.2, -0.15) is 9.89 Å². The molecule has 0 saturated heterocycles. The molecule has 0 aromatic heterocycles. The van der Waals surface area contributed by atoms with Crippen LogP contribution in [0.4, 0.5) is 14.4 Å². The molecule has 0 bridgehead atoms. The SMILES string of the molecule is CCOC(=O)c1ccc(C(=NC(=O)OC(C)(C)C)N(C(=O)OC(C)(C)C)C(=O)OC(C)(C)C)cc1. The molecule has 10 heteroatoms. The third-order valence-corrected chi connectivity index (χ3v) is 3.61. The summed E-state index contributed by atoms with van der Waals surface area (Å²) in [5.41, 5.74) is -2.44. The first-order valence-corrected chi connectivity index (χ1v) is 11.2. The highest BCUT2D eigenvalue weighted by atomic mass is 16.6. The van der Waals surface area contributed by atoms with E-state index < -0.39 is 46.9 Å². The molecule has 1 aromatic carbocycles. The van der Waals surface area contributed by atoms with Gasteiger partial charge in [0.25, 0.3) is 0 Å². The summed E-state index contributed by atoms with van der Waals surface area (Å²) in [6.07, 6.45) is -3.26. The smallest absolute Gasteiger partial charge is 0.436 e. The molecule has 0 fully saturated rings. The lowest BCUT2D eigenvalue weighted by Gasteiger charge is -2.29. The van der Waals surface area contributed by atoms with Crippen molar-refractivity contribution in [1.29, 1.82) is 0 Å². The molecule has 0 atom stereocenters. The maximum Gasteiger partial charge on any atom is 0.436 e. The molecule has 35 heavy (non-hydrogen) atoms. The number of carbonyl (C=O) groups excluding carboxylic acids is 4. The summed E-state index contributed by atoms with van der Waals surface area (Å²) in [5, 5.41) is 0. The van der Waals surface area contributed by atoms with Gasteiger partial charge in [-0.15, -0.1) is 0 Å². The zero-order valence-electron chi connectivity index (χ0n) is 22.2. The minimum Gasteiger partial charge on any atom is -0.462 e. The number of hydrogen-bond donors (Lipinski definition) is 0. The third-order valence-electron chi connectivity index (χ3n) is 3.61. The predicted molar refractivity (Wildman–Crippen MR) is 129 cm³/mol. The molecule has 0 radical (unpaired) electrons. The van der Waals surface area contributed by atoms with Crippen LogP contribution in [0.1, 0.15) is 85.2 Å². The van der Waals surface area contributed by atoms with E-state index >= 15 is 0 Å². The lowest BCUT2D eigenvalue weighted by molar-refractivity contribution is 0.0147. The molecule has 0 heterocycles. The Kier molecular flexibility index (Phi) is 9.58. The predicted octanol–water partition coefficient (Wildman–Crippen LogP) is 5.72. The second kappa shape index (κ2) is 11.3. The number of benzene rings is 1. The second-order valence-corrected chi connectivity index (χ2v) is 10.5. The number of hydrogen-bond acceptors (Lipinski definition) is 8. The number of amidine groups is 1. The van der Waals surface area contributed by atoms with Gasteiger partial charge in [0.1, 0.15) is 16.8 Å². The van der Waals surface area contributed by atoms with Crippen molar-refractivity contribution in [2.45, 2.75) is 86.0 Å². The van der Waals surface area contributed by atoms with E-state index in [0.717, 1.165) is 0 Å². The first-order chi connectivity index (χ1) is 15.8. The lowest BCUT2D eigenvalue weighted by Crippen LogP contribution is -2.47. The molecular weight excluding hydrogens is 456 g/mol. The minimum absolute atomic E-state index is 0.153. The van der Waals surface area contributed by atoms with Crippen LogP contribution in [0.3, 0.4) is 0 Å². The van der Waals surface area contributed by atoms with Crippen molar-refractivity contribution in [1.82, 2.24) is 4.90 Å². The quantitative estimate of drug-likeness (QED) is 0.227. The fourth-order valence-corrected chi connectivity index (χ4v) is 2.45. The van der Waals surface area contributed by atoms with Crippen LogP contribution < -0.4 is 0 Å². The Balaban J connectivity index is 3.67. The number of aliphatic imine (C=N–C) groups is 1. The van der Waals surface area contributed by atoms with Crippen LogP contribution in [0.5, 0.6) is 0 Å². The number of amides is 3. The van der Waals surface area contributed by atoms with E-state index in [4.69, 9.17) is 18.9 Å². The van der Waals surface area contributed by atoms with Crippen molar-refractivity contribution >= 4 is 30.1 Å². The minimum atomic E-state index is -1.11. The maximum absolute atomic E-state index is 13.1. The van der Waals surface area contributed by atoms with Crippen LogP contribution in [-0.4, -0.2) is 58.4 Å². The molecule has 0 unspecified atom stereocenters. The standard InChI is InChI=1S/C25H36N2O8/c1-11-32-19(28)17-14-12-16(13-15-17)18(26-20(29)33-23(2,3)4)27(21(30)34-24(5,6)7)22(31)35-25(8,9)10/h12-15H,11H2,1-10H3. The molecule has 3 amide bonds. The van der Waals surface area contributed by atoms with E-state index in [1.54, 1.807) is 69.2 Å². The summed E-state index contributed by atoms with van der Waals surface area (Å²) >= 11 is 0. The van der Waals surface area contributed by atoms with Gasteiger partial charge < -0.3 is 18.9 Å². The zero-order chi connectivity index (χ0) is 27.2. The number of rotatable bonds is 3. The van der Waals surface area contributed by atoms with Crippen LogP contribution in [-0.2, 0) is 18.9 Å². The molecular formula is C25H36N2O8. The molecule has 194 valence electrons. The second-order valence-electron chi connectivity index (χ2n) is 10.5. The van der Waals surface area contributed by atoms with Crippen LogP contribution in [0.2, 0.25) is 0 Å². The van der Waals surface area contributed by atoms with Crippen molar-refractivity contribution in [3.05, 3.63) is 35.4 Å². The summed E-state index contributed by atoms with van der Waals surface area (Å²) in [7, 11) is 0. The van der Waals surface area contributed by atoms with E-state index in [1.807, 2.05) is 0 Å². The highest BCUT2D eigenvalue weighted by molar-refractivity contribution is 6.18. The molecule has 0 aliphatic rings. The Labute approximate surface area is 206 Å². The van der Waals surface area contributed by atoms with Gasteiger partial charge in [0.15, 0.2) is 5.84 Å². The Bertz CT molecular complexity index is 933. The van der Waals surface area contributed by atoms with E-state index in [-0.39, 0.29) is 17.7 Å². The van der Waals surface area contributed by atoms with E-state index in [1.165, 1.54) is 24.3 Å². The molecule has 10 nitrogen and oxygen atoms in total. The van der Waals surface area contributed by atoms with Crippen molar-refractivity contribution in [2.24, 2.45) is 4.99 Å². The Morgan fingerprint density at radius 3 is 1.49 bits per heavy atom. The van der Waals surface area contributed by atoms with Crippen molar-refractivity contribution in [2.75, 3.05) is 6.61 Å². The van der Waals surface area contributed by atoms with Crippen molar-refractivity contribution in [3.8, 4) is 0 Å². The lowest BCUT2D eigenvalue weighted by atomic mass is 10.1. The first-order valence-electron chi connectivity index (χ1n) is 11.2. The Morgan fingerprint density at radius 1 is 0.714 bits per heavy atom. The van der Waals surface area contributed by atoms with Crippen molar-refractivity contribution < 1.29 is 38.1 Å². The van der Waals surface area contributed by atoms with Gasteiger partial charge in [-0.25, -0.2) is 19.2 Å². The highest BCUT2D eigenvalue weighted by Crippen LogP contribution is 2.20. The van der Waals surface area contributed by atoms with E-state index in [2.05, 4.69) is 4.99 Å². The molecule has 0 aliphatic heterocycles. The molecule has 0 aliphatic carbocycles. The topological polar surface area (TPSA) is 121 Å². The Morgan fingerprint density at radius 2 is 1.11 bits per heavy atom. The summed E-state index contributed by atoms with van der Waals surface area (Å²) in [6.45, 7) is 16.5. The summed E-state index contributed by atoms with van der Waals surface area (Å²) in [5.74, 6) is -0.945. The largest absolute Gasteiger partial charge is 0.462 e. The highest BCUT2D eigenvalue weighted by Gasteiger charge is 2.36. The average molecular weight is 493 g/mol. The zero-order valence-corrected chi connectivity index (χ0v) is 22.2. The van der Waals surface area contributed by atoms with Crippen LogP contribution >= 0.6 is 0 Å². The number of esters is 1.